The van der Waals surface area contributed by atoms with Crippen molar-refractivity contribution in [2.24, 2.45) is 0 Å². The largest absolute Gasteiger partial charge is 0.490 e. The highest BCUT2D eigenvalue weighted by atomic mass is 127. The van der Waals surface area contributed by atoms with Crippen molar-refractivity contribution >= 4 is 22.6 Å². The van der Waals surface area contributed by atoms with Gasteiger partial charge in [0.05, 0.1) is 9.67 Å². The van der Waals surface area contributed by atoms with Gasteiger partial charge in [-0.2, -0.15) is 0 Å². The van der Waals surface area contributed by atoms with Crippen LogP contribution in [-0.2, 0) is 0 Å². The van der Waals surface area contributed by atoms with Gasteiger partial charge in [0.1, 0.15) is 11.6 Å². The molecular weight excluding hydrogens is 270 g/mol. The van der Waals surface area contributed by atoms with Crippen molar-refractivity contribution in [2.75, 3.05) is 0 Å². The maximum atomic E-state index is 12.7. The molecule has 66 valence electrons. The van der Waals surface area contributed by atoms with Crippen LogP contribution in [0.4, 0.5) is 4.39 Å². The summed E-state index contributed by atoms with van der Waals surface area (Å²) in [4.78, 5) is 0. The summed E-state index contributed by atoms with van der Waals surface area (Å²) in [7, 11) is 0. The lowest BCUT2D eigenvalue weighted by atomic mass is 10.3. The summed E-state index contributed by atoms with van der Waals surface area (Å²) in [6.07, 6.45) is 0.0836. The van der Waals surface area contributed by atoms with Gasteiger partial charge in [-0.1, -0.05) is 0 Å². The van der Waals surface area contributed by atoms with Gasteiger partial charge in [0.15, 0.2) is 0 Å². The molecule has 0 aromatic heterocycles. The summed E-state index contributed by atoms with van der Waals surface area (Å²) in [5, 5.41) is 0. The Bertz CT molecular complexity index is 273. The van der Waals surface area contributed by atoms with Crippen LogP contribution < -0.4 is 4.74 Å². The lowest BCUT2D eigenvalue weighted by Gasteiger charge is -2.10. The Balaban J connectivity index is 2.90. The third-order valence-corrected chi connectivity index (χ3v) is 2.15. The van der Waals surface area contributed by atoms with Crippen LogP contribution in [0.3, 0.4) is 0 Å². The second-order valence-electron chi connectivity index (χ2n) is 2.74. The Labute approximate surface area is 85.1 Å². The number of benzene rings is 1. The van der Waals surface area contributed by atoms with E-state index < -0.39 is 0 Å². The molecule has 0 atom stereocenters. The zero-order chi connectivity index (χ0) is 9.14. The Morgan fingerprint density at radius 2 is 2.08 bits per heavy atom. The molecule has 0 saturated carbocycles. The third-order valence-electron chi connectivity index (χ3n) is 1.26. The van der Waals surface area contributed by atoms with Gasteiger partial charge in [0, 0.05) is 6.07 Å². The summed E-state index contributed by atoms with van der Waals surface area (Å²) in [6.45, 7) is 3.84. The fraction of sp³-hybridized carbons (Fsp3) is 0.333. The van der Waals surface area contributed by atoms with E-state index >= 15 is 0 Å². The van der Waals surface area contributed by atoms with Gasteiger partial charge in [-0.3, -0.25) is 0 Å². The lowest BCUT2D eigenvalue weighted by molar-refractivity contribution is 0.239. The van der Waals surface area contributed by atoms with Gasteiger partial charge in [-0.05, 0) is 48.6 Å². The molecule has 0 aliphatic rings. The summed E-state index contributed by atoms with van der Waals surface area (Å²) in [6, 6.07) is 4.53. The van der Waals surface area contributed by atoms with Crippen LogP contribution in [0.1, 0.15) is 13.8 Å². The van der Waals surface area contributed by atoms with Crippen LogP contribution in [0.5, 0.6) is 5.75 Å². The summed E-state index contributed by atoms with van der Waals surface area (Å²) >= 11 is 2.12. The quantitative estimate of drug-likeness (QED) is 0.756. The third kappa shape index (κ3) is 2.62. The first-order valence-electron chi connectivity index (χ1n) is 3.71. The lowest BCUT2D eigenvalue weighted by Crippen LogP contribution is -2.06. The zero-order valence-corrected chi connectivity index (χ0v) is 9.13. The van der Waals surface area contributed by atoms with Crippen LogP contribution in [0.25, 0.3) is 0 Å². The van der Waals surface area contributed by atoms with Crippen LogP contribution in [0, 0.1) is 9.39 Å². The molecule has 12 heavy (non-hydrogen) atoms. The first-order chi connectivity index (χ1) is 5.59. The monoisotopic (exact) mass is 280 g/mol. The first kappa shape index (κ1) is 9.77. The predicted molar refractivity (Wildman–Crippen MR) is 54.9 cm³/mol. The van der Waals surface area contributed by atoms with Crippen molar-refractivity contribution < 1.29 is 9.13 Å². The van der Waals surface area contributed by atoms with Crippen molar-refractivity contribution in [2.45, 2.75) is 20.0 Å². The number of halogens is 2. The zero-order valence-electron chi connectivity index (χ0n) is 6.97. The van der Waals surface area contributed by atoms with Crippen LogP contribution in [-0.4, -0.2) is 6.10 Å². The molecule has 0 aliphatic carbocycles. The standard InChI is InChI=1S/C9H10FIO/c1-6(2)12-9-5-7(10)3-4-8(9)11/h3-6H,1-2H3. The number of rotatable bonds is 2. The molecule has 1 rings (SSSR count). The van der Waals surface area contributed by atoms with E-state index in [1.165, 1.54) is 12.1 Å². The number of hydrogen-bond acceptors (Lipinski definition) is 1. The maximum Gasteiger partial charge on any atom is 0.135 e. The van der Waals surface area contributed by atoms with Crippen LogP contribution in [0.2, 0.25) is 0 Å². The van der Waals surface area contributed by atoms with Gasteiger partial charge in [-0.15, -0.1) is 0 Å². The van der Waals surface area contributed by atoms with E-state index in [-0.39, 0.29) is 11.9 Å². The van der Waals surface area contributed by atoms with Gasteiger partial charge >= 0.3 is 0 Å². The predicted octanol–water partition coefficient (Wildman–Crippen LogP) is 3.22. The van der Waals surface area contributed by atoms with Crippen molar-refractivity contribution in [3.63, 3.8) is 0 Å². The Kier molecular flexibility index (Phi) is 3.31. The molecule has 0 spiro atoms. The summed E-state index contributed by atoms with van der Waals surface area (Å²) < 4.78 is 19.0. The maximum absolute atomic E-state index is 12.7. The van der Waals surface area contributed by atoms with Crippen molar-refractivity contribution in [1.82, 2.24) is 0 Å². The molecule has 1 aromatic rings. The second kappa shape index (κ2) is 4.07. The van der Waals surface area contributed by atoms with Crippen molar-refractivity contribution in [3.8, 4) is 5.75 Å². The van der Waals surface area contributed by atoms with E-state index in [1.54, 1.807) is 6.07 Å². The SMILES string of the molecule is CC(C)Oc1cc(F)ccc1I. The molecule has 1 aromatic carbocycles. The van der Waals surface area contributed by atoms with Gasteiger partial charge in [0.2, 0.25) is 0 Å². The highest BCUT2D eigenvalue weighted by molar-refractivity contribution is 14.1. The fourth-order valence-corrected chi connectivity index (χ4v) is 1.28. The Morgan fingerprint density at radius 1 is 1.42 bits per heavy atom. The highest BCUT2D eigenvalue weighted by Gasteiger charge is 2.03. The average molecular weight is 280 g/mol. The van der Waals surface area contributed by atoms with Gasteiger partial charge < -0.3 is 4.74 Å². The summed E-state index contributed by atoms with van der Waals surface area (Å²) in [5.41, 5.74) is 0. The Hall–Kier alpha value is -0.320. The van der Waals surface area contributed by atoms with E-state index in [0.717, 1.165) is 3.57 Å². The van der Waals surface area contributed by atoms with E-state index in [9.17, 15) is 4.39 Å². The molecule has 0 aliphatic heterocycles. The molecule has 0 saturated heterocycles. The average Bonchev–Trinajstić information content (AvgIpc) is 1.96. The van der Waals surface area contributed by atoms with E-state index in [1.807, 2.05) is 13.8 Å². The van der Waals surface area contributed by atoms with Gasteiger partial charge in [0.25, 0.3) is 0 Å². The van der Waals surface area contributed by atoms with Crippen LogP contribution >= 0.6 is 22.6 Å². The van der Waals surface area contributed by atoms with E-state index in [4.69, 9.17) is 4.74 Å². The molecule has 0 heterocycles. The Morgan fingerprint density at radius 3 is 2.67 bits per heavy atom. The van der Waals surface area contributed by atoms with E-state index in [0.29, 0.717) is 5.75 Å². The number of ether oxygens (including phenoxy) is 1. The van der Waals surface area contributed by atoms with Crippen molar-refractivity contribution in [1.29, 1.82) is 0 Å². The van der Waals surface area contributed by atoms with Crippen LogP contribution in [0.15, 0.2) is 18.2 Å². The minimum Gasteiger partial charge on any atom is -0.490 e. The molecule has 0 N–H and O–H groups in total. The molecule has 0 radical (unpaired) electrons. The number of hydrogen-bond donors (Lipinski definition) is 0. The summed E-state index contributed by atoms with van der Waals surface area (Å²) in [5.74, 6) is 0.358. The van der Waals surface area contributed by atoms with Crippen molar-refractivity contribution in [3.05, 3.63) is 27.6 Å². The van der Waals surface area contributed by atoms with Gasteiger partial charge in [-0.25, -0.2) is 4.39 Å². The molecule has 0 fully saturated rings. The topological polar surface area (TPSA) is 9.23 Å². The molecule has 0 bridgehead atoms. The minimum atomic E-state index is -0.258. The van der Waals surface area contributed by atoms with E-state index in [2.05, 4.69) is 22.6 Å². The highest BCUT2D eigenvalue weighted by Crippen LogP contribution is 2.22. The molecule has 3 heteroatoms. The fourth-order valence-electron chi connectivity index (χ4n) is 0.821. The molecule has 0 unspecified atom stereocenters. The normalized spacial score (nSPS) is 10.4. The molecule has 0 amide bonds. The molecule has 1 nitrogen and oxygen atoms in total. The minimum absolute atomic E-state index is 0.0836. The second-order valence-corrected chi connectivity index (χ2v) is 3.90. The molecular formula is C9H10FIO. The smallest absolute Gasteiger partial charge is 0.135 e. The first-order valence-corrected chi connectivity index (χ1v) is 4.79.